The summed E-state index contributed by atoms with van der Waals surface area (Å²) in [6, 6.07) is 10.1. The van der Waals surface area contributed by atoms with Gasteiger partial charge in [0.1, 0.15) is 17.6 Å². The average Bonchev–Trinajstić information content (AvgIpc) is 3.38. The van der Waals surface area contributed by atoms with Crippen molar-refractivity contribution in [2.45, 2.75) is 52.2 Å². The molecule has 1 saturated heterocycles. The molecule has 2 atom stereocenters. The van der Waals surface area contributed by atoms with Crippen molar-refractivity contribution in [1.82, 2.24) is 9.80 Å². The number of fused-ring (bicyclic) bond motifs is 1. The van der Waals surface area contributed by atoms with Gasteiger partial charge in [-0.15, -0.1) is 0 Å². The van der Waals surface area contributed by atoms with E-state index in [-0.39, 0.29) is 17.4 Å². The molecule has 38 heavy (non-hydrogen) atoms. The van der Waals surface area contributed by atoms with Crippen LogP contribution in [0.3, 0.4) is 0 Å². The third kappa shape index (κ3) is 5.65. The number of aliphatic hydroxyl groups is 1. The van der Waals surface area contributed by atoms with Crippen molar-refractivity contribution < 1.29 is 28.9 Å². The number of hydrogen-bond donors (Lipinski definition) is 1. The number of ether oxygens (including phenoxy) is 3. The van der Waals surface area contributed by atoms with Crippen LogP contribution in [0.15, 0.2) is 42.0 Å². The van der Waals surface area contributed by atoms with Crippen LogP contribution in [0.25, 0.3) is 5.76 Å². The predicted octanol–water partition coefficient (Wildman–Crippen LogP) is 4.57. The number of likely N-dealkylation sites (N-methyl/N-ethyl adjacent to an activating group) is 1. The highest BCUT2D eigenvalue weighted by molar-refractivity contribution is 6.46. The van der Waals surface area contributed by atoms with Crippen LogP contribution >= 0.6 is 0 Å². The van der Waals surface area contributed by atoms with Gasteiger partial charge in [0.05, 0.1) is 24.8 Å². The molecule has 0 aromatic heterocycles. The summed E-state index contributed by atoms with van der Waals surface area (Å²) in [5.41, 5.74) is 2.20. The maximum absolute atomic E-state index is 13.4. The Labute approximate surface area is 224 Å². The van der Waals surface area contributed by atoms with E-state index in [9.17, 15) is 14.7 Å². The monoisotopic (exact) mass is 522 g/mol. The molecule has 1 fully saturated rings. The van der Waals surface area contributed by atoms with E-state index < -0.39 is 17.7 Å². The van der Waals surface area contributed by atoms with Gasteiger partial charge in [0.25, 0.3) is 11.7 Å². The number of nitrogens with zero attached hydrogens (tertiary/aromatic N) is 2. The van der Waals surface area contributed by atoms with E-state index in [2.05, 4.69) is 6.92 Å². The Morgan fingerprint density at radius 2 is 1.89 bits per heavy atom. The normalized spacial score (nSPS) is 20.1. The molecule has 1 amide bonds. The number of amides is 1. The average molecular weight is 523 g/mol. The predicted molar refractivity (Wildman–Crippen MR) is 146 cm³/mol. The van der Waals surface area contributed by atoms with Crippen LogP contribution in [-0.4, -0.2) is 73.1 Å². The third-order valence-electron chi connectivity index (χ3n) is 6.84. The topological polar surface area (TPSA) is 88.5 Å². The molecule has 0 saturated carbocycles. The molecule has 2 heterocycles. The molecule has 0 bridgehead atoms. The quantitative estimate of drug-likeness (QED) is 0.200. The first-order valence-electron chi connectivity index (χ1n) is 13.4. The van der Waals surface area contributed by atoms with E-state index in [1.165, 1.54) is 4.90 Å². The molecule has 0 unspecified atom stereocenters. The van der Waals surface area contributed by atoms with Gasteiger partial charge in [-0.05, 0) is 75.8 Å². The Bertz CT molecular complexity index is 1220. The number of likely N-dealkylation sites (tertiary alicyclic amines) is 1. The van der Waals surface area contributed by atoms with Gasteiger partial charge in [-0.25, -0.2) is 0 Å². The van der Waals surface area contributed by atoms with Crippen molar-refractivity contribution in [2.75, 3.05) is 40.4 Å². The summed E-state index contributed by atoms with van der Waals surface area (Å²) >= 11 is 0. The van der Waals surface area contributed by atoms with Crippen LogP contribution < -0.4 is 14.2 Å². The van der Waals surface area contributed by atoms with Crippen LogP contribution in [0.2, 0.25) is 0 Å². The molecule has 1 N–H and O–H groups in total. The summed E-state index contributed by atoms with van der Waals surface area (Å²) in [6.45, 7) is 7.87. The van der Waals surface area contributed by atoms with Gasteiger partial charge < -0.3 is 29.1 Å². The fourth-order valence-electron chi connectivity index (χ4n) is 4.90. The summed E-state index contributed by atoms with van der Waals surface area (Å²) in [7, 11) is 3.82. The zero-order valence-electron chi connectivity index (χ0n) is 23.0. The van der Waals surface area contributed by atoms with Crippen LogP contribution in [0.5, 0.6) is 17.2 Å². The van der Waals surface area contributed by atoms with Crippen LogP contribution in [-0.2, 0) is 16.0 Å². The molecule has 0 aliphatic carbocycles. The Kier molecular flexibility index (Phi) is 8.62. The zero-order chi connectivity index (χ0) is 27.4. The molecule has 2 aromatic rings. The Balaban J connectivity index is 1.80. The first-order valence-corrected chi connectivity index (χ1v) is 13.4. The number of ketones is 1. The number of carbonyl (C=O) groups excluding carboxylic acids is 2. The first kappa shape index (κ1) is 27.5. The SMILES string of the molecule is CCCCOc1ccc([C@H]2/C(=C(\O)c3ccc4c(c3)C[C@@H](C)O4)C(=O)C(=O)N2CCN(C)C)cc1OCC. The van der Waals surface area contributed by atoms with E-state index in [1.807, 2.05) is 57.1 Å². The maximum atomic E-state index is 13.4. The lowest BCUT2D eigenvalue weighted by molar-refractivity contribution is -0.140. The van der Waals surface area contributed by atoms with Crippen molar-refractivity contribution in [2.24, 2.45) is 0 Å². The number of carbonyl (C=O) groups is 2. The van der Waals surface area contributed by atoms with Crippen molar-refractivity contribution in [3.63, 3.8) is 0 Å². The van der Waals surface area contributed by atoms with Crippen LogP contribution in [0.1, 0.15) is 56.3 Å². The number of hydrogen-bond acceptors (Lipinski definition) is 7. The largest absolute Gasteiger partial charge is 0.507 e. The molecule has 8 heteroatoms. The Morgan fingerprint density at radius 3 is 2.61 bits per heavy atom. The molecule has 0 radical (unpaired) electrons. The van der Waals surface area contributed by atoms with Crippen molar-refractivity contribution >= 4 is 17.4 Å². The minimum absolute atomic E-state index is 0.0501. The highest BCUT2D eigenvalue weighted by Crippen LogP contribution is 2.42. The lowest BCUT2D eigenvalue weighted by Crippen LogP contribution is -2.35. The summed E-state index contributed by atoms with van der Waals surface area (Å²) in [4.78, 5) is 30.1. The second-order valence-electron chi connectivity index (χ2n) is 10.1. The van der Waals surface area contributed by atoms with Gasteiger partial charge in [-0.1, -0.05) is 19.4 Å². The number of benzene rings is 2. The minimum atomic E-state index is -0.762. The Hall–Kier alpha value is -3.52. The van der Waals surface area contributed by atoms with Crippen LogP contribution in [0.4, 0.5) is 0 Å². The minimum Gasteiger partial charge on any atom is -0.507 e. The summed E-state index contributed by atoms with van der Waals surface area (Å²) in [5, 5.41) is 11.5. The molecule has 2 aromatic carbocycles. The highest BCUT2D eigenvalue weighted by atomic mass is 16.5. The van der Waals surface area contributed by atoms with Gasteiger partial charge in [0.15, 0.2) is 11.5 Å². The van der Waals surface area contributed by atoms with Crippen LogP contribution in [0, 0.1) is 0 Å². The Morgan fingerprint density at radius 1 is 1.11 bits per heavy atom. The zero-order valence-corrected chi connectivity index (χ0v) is 23.0. The summed E-state index contributed by atoms with van der Waals surface area (Å²) in [6.07, 6.45) is 2.70. The van der Waals surface area contributed by atoms with E-state index in [0.717, 1.165) is 24.2 Å². The van der Waals surface area contributed by atoms with Crippen molar-refractivity contribution in [3.8, 4) is 17.2 Å². The van der Waals surface area contributed by atoms with Crippen molar-refractivity contribution in [3.05, 3.63) is 58.7 Å². The van der Waals surface area contributed by atoms with Gasteiger partial charge in [-0.2, -0.15) is 0 Å². The van der Waals surface area contributed by atoms with Gasteiger partial charge >= 0.3 is 0 Å². The number of Topliss-reactive ketones (excluding diaryl/α,β-unsaturated/α-hetero) is 1. The highest BCUT2D eigenvalue weighted by Gasteiger charge is 2.46. The molecular formula is C30H38N2O6. The summed E-state index contributed by atoms with van der Waals surface area (Å²) in [5.74, 6) is 0.418. The number of rotatable bonds is 11. The third-order valence-corrected chi connectivity index (χ3v) is 6.84. The number of unbranched alkanes of at least 4 members (excludes halogenated alkanes) is 1. The molecule has 2 aliphatic heterocycles. The lowest BCUT2D eigenvalue weighted by Gasteiger charge is -2.27. The van der Waals surface area contributed by atoms with E-state index in [1.54, 1.807) is 12.1 Å². The van der Waals surface area contributed by atoms with Crippen molar-refractivity contribution in [1.29, 1.82) is 0 Å². The summed E-state index contributed by atoms with van der Waals surface area (Å²) < 4.78 is 17.6. The molecule has 4 rings (SSSR count). The second kappa shape index (κ2) is 11.9. The first-order chi connectivity index (χ1) is 18.2. The molecule has 204 valence electrons. The van der Waals surface area contributed by atoms with E-state index >= 15 is 0 Å². The fraction of sp³-hybridized carbons (Fsp3) is 0.467. The number of aliphatic hydroxyl groups excluding tert-OH is 1. The lowest BCUT2D eigenvalue weighted by atomic mass is 9.94. The maximum Gasteiger partial charge on any atom is 0.295 e. The second-order valence-corrected chi connectivity index (χ2v) is 10.1. The molecule has 8 nitrogen and oxygen atoms in total. The van der Waals surface area contributed by atoms with Gasteiger partial charge in [0, 0.05) is 25.1 Å². The van der Waals surface area contributed by atoms with E-state index in [0.29, 0.717) is 55.4 Å². The molecular weight excluding hydrogens is 484 g/mol. The smallest absolute Gasteiger partial charge is 0.295 e. The van der Waals surface area contributed by atoms with E-state index in [4.69, 9.17) is 14.2 Å². The molecule has 0 spiro atoms. The van der Waals surface area contributed by atoms with Gasteiger partial charge in [-0.3, -0.25) is 9.59 Å². The van der Waals surface area contributed by atoms with Gasteiger partial charge in [0.2, 0.25) is 0 Å². The standard InChI is InChI=1S/C30H38N2O6/c1-6-8-15-37-24-12-9-20(18-25(24)36-7-2)27-26(29(34)30(35)32(27)14-13-31(4)5)28(33)21-10-11-23-22(17-21)16-19(3)38-23/h9-12,17-19,27,33H,6-8,13-16H2,1-5H3/b28-26+/t19-,27+/m1/s1. The fourth-order valence-corrected chi connectivity index (χ4v) is 4.90. The molecule has 2 aliphatic rings.